The van der Waals surface area contributed by atoms with E-state index in [1.165, 1.54) is 0 Å². The average Bonchev–Trinajstić information content (AvgIpc) is 2.23. The van der Waals surface area contributed by atoms with Crippen LogP contribution in [0.1, 0.15) is 13.3 Å². The topological polar surface area (TPSA) is 21.3 Å². The second kappa shape index (κ2) is 7.58. The molecule has 0 aromatic heterocycles. The molecule has 2 nitrogen and oxygen atoms in total. The second-order valence-corrected chi connectivity index (χ2v) is 4.03. The molecule has 0 rings (SSSR count). The maximum absolute atomic E-state index is 11.7. The lowest BCUT2D eigenvalue weighted by Crippen LogP contribution is -2.49. The average molecular weight is 282 g/mol. The monoisotopic (exact) mass is 281 g/mol. The van der Waals surface area contributed by atoms with Crippen LogP contribution >= 0.6 is 23.2 Å². The summed E-state index contributed by atoms with van der Waals surface area (Å²) in [4.78, 5) is 0. The van der Waals surface area contributed by atoms with Gasteiger partial charge in [0, 0.05) is 23.8 Å². The minimum absolute atomic E-state index is 0.0188. The third-order valence-corrected chi connectivity index (χ3v) is 3.22. The zero-order valence-corrected chi connectivity index (χ0v) is 10.6. The van der Waals surface area contributed by atoms with E-state index in [1.54, 1.807) is 0 Å². The van der Waals surface area contributed by atoms with Gasteiger partial charge in [0.05, 0.1) is 6.61 Å². The van der Waals surface area contributed by atoms with Gasteiger partial charge in [-0.2, -0.15) is 13.2 Å². The molecule has 0 amide bonds. The number of hydrogen-bond donors (Lipinski definition) is 1. The highest BCUT2D eigenvalue weighted by Gasteiger charge is 2.28. The molecule has 0 aliphatic heterocycles. The summed E-state index contributed by atoms with van der Waals surface area (Å²) in [6.45, 7) is 0.961. The minimum atomic E-state index is -4.28. The van der Waals surface area contributed by atoms with E-state index in [4.69, 9.17) is 23.2 Å². The van der Waals surface area contributed by atoms with Crippen molar-refractivity contribution in [2.24, 2.45) is 0 Å². The number of nitrogens with one attached hydrogen (secondary N) is 1. The van der Waals surface area contributed by atoms with Crippen LogP contribution in [-0.4, -0.2) is 43.2 Å². The van der Waals surface area contributed by atoms with Crippen LogP contribution in [0.5, 0.6) is 0 Å². The number of halogens is 5. The molecule has 0 radical (unpaired) electrons. The predicted octanol–water partition coefficient (Wildman–Crippen LogP) is 2.78. The van der Waals surface area contributed by atoms with Gasteiger partial charge in [-0.1, -0.05) is 6.92 Å². The first-order valence-corrected chi connectivity index (χ1v) is 5.97. The molecule has 7 heteroatoms. The van der Waals surface area contributed by atoms with E-state index in [9.17, 15) is 13.2 Å². The van der Waals surface area contributed by atoms with Crippen molar-refractivity contribution in [1.82, 2.24) is 5.32 Å². The van der Waals surface area contributed by atoms with Gasteiger partial charge in [-0.05, 0) is 6.42 Å². The summed E-state index contributed by atoms with van der Waals surface area (Å²) in [6.07, 6.45) is -3.57. The number of hydrogen-bond acceptors (Lipinski definition) is 2. The maximum Gasteiger partial charge on any atom is 0.411 e. The Balaban J connectivity index is 3.71. The Labute approximate surface area is 103 Å². The summed E-state index contributed by atoms with van der Waals surface area (Å²) < 4.78 is 39.6. The fourth-order valence-electron chi connectivity index (χ4n) is 1.02. The molecule has 0 aromatic carbocycles. The van der Waals surface area contributed by atoms with Crippen molar-refractivity contribution in [3.05, 3.63) is 0 Å². The fourth-order valence-corrected chi connectivity index (χ4v) is 1.87. The number of ether oxygens (including phenoxy) is 1. The van der Waals surface area contributed by atoms with E-state index in [2.05, 4.69) is 10.1 Å². The van der Waals surface area contributed by atoms with Gasteiger partial charge >= 0.3 is 6.18 Å². The molecular weight excluding hydrogens is 266 g/mol. The van der Waals surface area contributed by atoms with Gasteiger partial charge in [0.2, 0.25) is 0 Å². The van der Waals surface area contributed by atoms with Crippen LogP contribution in [0.3, 0.4) is 0 Å². The van der Waals surface area contributed by atoms with E-state index in [0.29, 0.717) is 24.7 Å². The van der Waals surface area contributed by atoms with Crippen molar-refractivity contribution in [1.29, 1.82) is 0 Å². The predicted molar refractivity (Wildman–Crippen MR) is 59.3 cm³/mol. The summed E-state index contributed by atoms with van der Waals surface area (Å²) in [5.74, 6) is 0.624. The van der Waals surface area contributed by atoms with E-state index in [-0.39, 0.29) is 6.61 Å². The Kier molecular flexibility index (Phi) is 7.72. The minimum Gasteiger partial charge on any atom is -0.371 e. The summed E-state index contributed by atoms with van der Waals surface area (Å²) >= 11 is 11.5. The zero-order chi connectivity index (χ0) is 12.7. The number of rotatable bonds is 8. The van der Waals surface area contributed by atoms with Crippen LogP contribution in [0.25, 0.3) is 0 Å². The Hall–Kier alpha value is 0.290. The molecule has 0 aromatic rings. The smallest absolute Gasteiger partial charge is 0.371 e. The highest BCUT2D eigenvalue weighted by molar-refractivity contribution is 6.22. The van der Waals surface area contributed by atoms with E-state index in [0.717, 1.165) is 0 Å². The van der Waals surface area contributed by atoms with Crippen LogP contribution in [0.4, 0.5) is 13.2 Å². The normalized spacial score (nSPS) is 13.1. The van der Waals surface area contributed by atoms with Crippen LogP contribution in [-0.2, 0) is 4.74 Å². The first kappa shape index (κ1) is 16.3. The largest absolute Gasteiger partial charge is 0.411 e. The third-order valence-electron chi connectivity index (χ3n) is 2.20. The Morgan fingerprint density at radius 2 is 1.75 bits per heavy atom. The van der Waals surface area contributed by atoms with Gasteiger partial charge in [0.25, 0.3) is 0 Å². The van der Waals surface area contributed by atoms with Crippen molar-refractivity contribution in [3.8, 4) is 0 Å². The number of alkyl halides is 5. The van der Waals surface area contributed by atoms with Crippen molar-refractivity contribution < 1.29 is 17.9 Å². The molecule has 0 fully saturated rings. The quantitative estimate of drug-likeness (QED) is 0.546. The first-order valence-electron chi connectivity index (χ1n) is 4.90. The molecule has 0 unspecified atom stereocenters. The van der Waals surface area contributed by atoms with Crippen molar-refractivity contribution in [3.63, 3.8) is 0 Å². The van der Waals surface area contributed by atoms with E-state index >= 15 is 0 Å². The van der Waals surface area contributed by atoms with Gasteiger partial charge in [-0.25, -0.2) is 0 Å². The van der Waals surface area contributed by atoms with Crippen molar-refractivity contribution >= 4 is 23.2 Å². The lowest BCUT2D eigenvalue weighted by atomic mass is 10.0. The van der Waals surface area contributed by atoms with Gasteiger partial charge < -0.3 is 10.1 Å². The molecule has 16 heavy (non-hydrogen) atoms. The summed E-state index contributed by atoms with van der Waals surface area (Å²) in [7, 11) is 0. The summed E-state index contributed by atoms with van der Waals surface area (Å²) in [5, 5.41) is 3.01. The molecular formula is C9H16Cl2F3NO. The fraction of sp³-hybridized carbons (Fsp3) is 1.00. The lowest BCUT2D eigenvalue weighted by molar-refractivity contribution is -0.173. The van der Waals surface area contributed by atoms with E-state index < -0.39 is 18.3 Å². The van der Waals surface area contributed by atoms with Crippen molar-refractivity contribution in [2.75, 3.05) is 31.5 Å². The maximum atomic E-state index is 11.7. The molecule has 0 aliphatic carbocycles. The van der Waals surface area contributed by atoms with Crippen LogP contribution in [0.15, 0.2) is 0 Å². The van der Waals surface area contributed by atoms with Crippen LogP contribution < -0.4 is 5.32 Å². The molecule has 98 valence electrons. The molecule has 0 atom stereocenters. The van der Waals surface area contributed by atoms with Gasteiger partial charge in [-0.3, -0.25) is 0 Å². The molecule has 0 heterocycles. The Morgan fingerprint density at radius 3 is 2.12 bits per heavy atom. The molecule has 1 N–H and O–H groups in total. The summed E-state index contributed by atoms with van der Waals surface area (Å²) in [5.41, 5.74) is -0.426. The van der Waals surface area contributed by atoms with Gasteiger partial charge in [0.1, 0.15) is 6.61 Å². The standard InChI is InChI=1S/C9H16Cl2F3NO/c1-2-8(5-10,6-11)15-3-4-16-7-9(12,13)14/h15H,2-7H2,1H3. The third kappa shape index (κ3) is 6.78. The highest BCUT2D eigenvalue weighted by atomic mass is 35.5. The summed E-state index contributed by atoms with van der Waals surface area (Å²) in [6, 6.07) is 0. The highest BCUT2D eigenvalue weighted by Crippen LogP contribution is 2.15. The SMILES string of the molecule is CCC(CCl)(CCl)NCCOCC(F)(F)F. The molecule has 0 spiro atoms. The Bertz CT molecular complexity index is 178. The van der Waals surface area contributed by atoms with Gasteiger partial charge in [0.15, 0.2) is 0 Å². The molecule has 0 saturated carbocycles. The van der Waals surface area contributed by atoms with Crippen molar-refractivity contribution in [2.45, 2.75) is 25.1 Å². The van der Waals surface area contributed by atoms with Crippen LogP contribution in [0.2, 0.25) is 0 Å². The Morgan fingerprint density at radius 1 is 1.19 bits per heavy atom. The van der Waals surface area contributed by atoms with E-state index in [1.807, 2.05) is 6.92 Å². The second-order valence-electron chi connectivity index (χ2n) is 3.50. The van der Waals surface area contributed by atoms with Gasteiger partial charge in [-0.15, -0.1) is 23.2 Å². The molecule has 0 aliphatic rings. The molecule has 0 saturated heterocycles. The first-order chi connectivity index (χ1) is 7.39. The molecule has 0 bridgehead atoms. The zero-order valence-electron chi connectivity index (χ0n) is 9.04. The lowest BCUT2D eigenvalue weighted by Gasteiger charge is -2.29. The van der Waals surface area contributed by atoms with Crippen LogP contribution in [0, 0.1) is 0 Å².